The van der Waals surface area contributed by atoms with Crippen LogP contribution in [0.4, 0.5) is 5.69 Å². The van der Waals surface area contributed by atoms with Crippen molar-refractivity contribution in [2.75, 3.05) is 26.1 Å². The lowest BCUT2D eigenvalue weighted by Crippen LogP contribution is -2.13. The van der Waals surface area contributed by atoms with Crippen LogP contribution in [0.5, 0.6) is 0 Å². The molecule has 0 spiro atoms. The second-order valence-corrected chi connectivity index (χ2v) is 4.36. The first-order chi connectivity index (χ1) is 8.04. The van der Waals surface area contributed by atoms with Gasteiger partial charge in [0.25, 0.3) is 0 Å². The molecule has 2 rings (SSSR count). The lowest BCUT2D eigenvalue weighted by atomic mass is 10.2. The van der Waals surface area contributed by atoms with Crippen molar-refractivity contribution in [3.8, 4) is 0 Å². The second-order valence-electron chi connectivity index (χ2n) is 3.92. The van der Waals surface area contributed by atoms with Crippen molar-refractivity contribution in [1.29, 1.82) is 0 Å². The number of aromatic amines is 1. The third kappa shape index (κ3) is 1.96. The van der Waals surface area contributed by atoms with Gasteiger partial charge in [-0.05, 0) is 18.2 Å². The highest BCUT2D eigenvalue weighted by Gasteiger charge is 2.19. The summed E-state index contributed by atoms with van der Waals surface area (Å²) in [7, 11) is 5.10. The molecule has 90 valence electrons. The zero-order valence-corrected chi connectivity index (χ0v) is 10.6. The van der Waals surface area contributed by atoms with Gasteiger partial charge in [-0.1, -0.05) is 11.6 Å². The van der Waals surface area contributed by atoms with Crippen LogP contribution in [0.25, 0.3) is 10.9 Å². The van der Waals surface area contributed by atoms with Gasteiger partial charge in [0.05, 0.1) is 12.8 Å². The minimum absolute atomic E-state index is 0.388. The number of benzene rings is 1. The number of nitrogens with one attached hydrogen (secondary N) is 1. The van der Waals surface area contributed by atoms with Gasteiger partial charge in [-0.2, -0.15) is 0 Å². The van der Waals surface area contributed by atoms with Gasteiger partial charge in [-0.3, -0.25) is 0 Å². The van der Waals surface area contributed by atoms with Crippen LogP contribution in [0.1, 0.15) is 10.5 Å². The fourth-order valence-corrected chi connectivity index (χ4v) is 2.04. The van der Waals surface area contributed by atoms with Crippen LogP contribution in [0.3, 0.4) is 0 Å². The SMILES string of the molecule is COC(=O)c1[nH]c2ccc(Cl)cc2c1N(C)C. The van der Waals surface area contributed by atoms with Crippen molar-refractivity contribution >= 4 is 34.2 Å². The maximum absolute atomic E-state index is 11.7. The lowest BCUT2D eigenvalue weighted by molar-refractivity contribution is 0.0596. The van der Waals surface area contributed by atoms with E-state index < -0.39 is 0 Å². The Morgan fingerprint density at radius 2 is 2.12 bits per heavy atom. The van der Waals surface area contributed by atoms with Gasteiger partial charge in [0.15, 0.2) is 0 Å². The number of nitrogens with zero attached hydrogens (tertiary/aromatic N) is 1. The average Bonchev–Trinajstić information content (AvgIpc) is 2.66. The first kappa shape index (κ1) is 11.8. The lowest BCUT2D eigenvalue weighted by Gasteiger charge is -2.13. The molecule has 0 radical (unpaired) electrons. The minimum atomic E-state index is -0.388. The van der Waals surface area contributed by atoms with Gasteiger partial charge in [-0.25, -0.2) is 4.79 Å². The van der Waals surface area contributed by atoms with E-state index in [1.54, 1.807) is 6.07 Å². The topological polar surface area (TPSA) is 45.3 Å². The Hall–Kier alpha value is -1.68. The van der Waals surface area contributed by atoms with Crippen molar-refractivity contribution in [3.63, 3.8) is 0 Å². The summed E-state index contributed by atoms with van der Waals surface area (Å²) < 4.78 is 4.76. The largest absolute Gasteiger partial charge is 0.464 e. The Bertz CT molecular complexity index is 575. The molecular weight excluding hydrogens is 240 g/mol. The first-order valence-corrected chi connectivity index (χ1v) is 5.49. The molecule has 0 fully saturated rings. The van der Waals surface area contributed by atoms with E-state index in [1.807, 2.05) is 31.1 Å². The fraction of sp³-hybridized carbons (Fsp3) is 0.250. The van der Waals surface area contributed by atoms with Crippen LogP contribution in [-0.2, 0) is 4.74 Å². The van der Waals surface area contributed by atoms with Gasteiger partial charge in [0, 0.05) is 30.0 Å². The summed E-state index contributed by atoms with van der Waals surface area (Å²) in [5, 5.41) is 1.54. The van der Waals surface area contributed by atoms with Gasteiger partial charge >= 0.3 is 5.97 Å². The van der Waals surface area contributed by atoms with Gasteiger partial charge in [0.1, 0.15) is 5.69 Å². The molecular formula is C12H13ClN2O2. The maximum atomic E-state index is 11.7. The number of rotatable bonds is 2. The van der Waals surface area contributed by atoms with Crippen LogP contribution < -0.4 is 4.90 Å². The number of hydrogen-bond acceptors (Lipinski definition) is 3. The molecule has 17 heavy (non-hydrogen) atoms. The van der Waals surface area contributed by atoms with Crippen molar-refractivity contribution in [3.05, 3.63) is 28.9 Å². The molecule has 0 aliphatic carbocycles. The number of carbonyl (C=O) groups is 1. The van der Waals surface area contributed by atoms with Gasteiger partial charge < -0.3 is 14.6 Å². The van der Waals surface area contributed by atoms with Gasteiger partial charge in [0.2, 0.25) is 0 Å². The molecule has 2 aromatic rings. The predicted octanol–water partition coefficient (Wildman–Crippen LogP) is 2.67. The minimum Gasteiger partial charge on any atom is -0.464 e. The fourth-order valence-electron chi connectivity index (χ4n) is 1.86. The molecule has 0 saturated carbocycles. The number of carbonyl (C=O) groups excluding carboxylic acids is 1. The van der Waals surface area contributed by atoms with Crippen molar-refractivity contribution in [1.82, 2.24) is 4.98 Å². The smallest absolute Gasteiger partial charge is 0.356 e. The molecule has 0 aliphatic rings. The van der Waals surface area contributed by atoms with Crippen LogP contribution in [0.2, 0.25) is 5.02 Å². The van der Waals surface area contributed by atoms with Crippen molar-refractivity contribution < 1.29 is 9.53 Å². The summed E-state index contributed by atoms with van der Waals surface area (Å²) in [6, 6.07) is 5.45. The average molecular weight is 253 g/mol. The third-order valence-corrected chi connectivity index (χ3v) is 2.81. The summed E-state index contributed by atoms with van der Waals surface area (Å²) >= 11 is 5.97. The highest BCUT2D eigenvalue weighted by atomic mass is 35.5. The van der Waals surface area contributed by atoms with E-state index in [0.29, 0.717) is 10.7 Å². The quantitative estimate of drug-likeness (QED) is 0.836. The monoisotopic (exact) mass is 252 g/mol. The standard InChI is InChI=1S/C12H13ClN2O2/c1-15(2)11-8-6-7(13)4-5-9(8)14-10(11)12(16)17-3/h4-6,14H,1-3H3. The van der Waals surface area contributed by atoms with Crippen LogP contribution in [0, 0.1) is 0 Å². The molecule has 4 nitrogen and oxygen atoms in total. The van der Waals surface area contributed by atoms with Gasteiger partial charge in [-0.15, -0.1) is 0 Å². The molecule has 1 N–H and O–H groups in total. The van der Waals surface area contributed by atoms with Crippen LogP contribution in [-0.4, -0.2) is 32.2 Å². The number of H-pyrrole nitrogens is 1. The predicted molar refractivity (Wildman–Crippen MR) is 69.0 cm³/mol. The highest BCUT2D eigenvalue weighted by molar-refractivity contribution is 6.31. The van der Waals surface area contributed by atoms with E-state index in [-0.39, 0.29) is 5.97 Å². The summed E-state index contributed by atoms with van der Waals surface area (Å²) in [6.45, 7) is 0. The molecule has 0 bridgehead atoms. The molecule has 1 heterocycles. The zero-order chi connectivity index (χ0) is 12.6. The van der Waals surface area contributed by atoms with Crippen molar-refractivity contribution in [2.45, 2.75) is 0 Å². The number of esters is 1. The Balaban J connectivity index is 2.76. The summed E-state index contributed by atoms with van der Waals surface area (Å²) in [5.41, 5.74) is 2.09. The Labute approximate surface area is 104 Å². The Kier molecular flexibility index (Phi) is 2.98. The third-order valence-electron chi connectivity index (χ3n) is 2.57. The number of methoxy groups -OCH3 is 1. The molecule has 0 aliphatic heterocycles. The van der Waals surface area contributed by atoms with E-state index in [0.717, 1.165) is 16.6 Å². The first-order valence-electron chi connectivity index (χ1n) is 5.11. The summed E-state index contributed by atoms with van der Waals surface area (Å²) in [4.78, 5) is 16.6. The maximum Gasteiger partial charge on any atom is 0.356 e. The number of fused-ring (bicyclic) bond motifs is 1. The number of halogens is 1. The molecule has 1 aromatic carbocycles. The number of ether oxygens (including phenoxy) is 1. The van der Waals surface area contributed by atoms with E-state index >= 15 is 0 Å². The number of anilines is 1. The second kappa shape index (κ2) is 4.30. The van der Waals surface area contributed by atoms with E-state index in [4.69, 9.17) is 16.3 Å². The Morgan fingerprint density at radius 3 is 2.71 bits per heavy atom. The van der Waals surface area contributed by atoms with Crippen molar-refractivity contribution in [2.24, 2.45) is 0 Å². The molecule has 0 amide bonds. The normalized spacial score (nSPS) is 10.6. The van der Waals surface area contributed by atoms with E-state index in [9.17, 15) is 4.79 Å². The molecule has 1 aromatic heterocycles. The molecule has 0 saturated heterocycles. The zero-order valence-electron chi connectivity index (χ0n) is 9.87. The number of aromatic nitrogens is 1. The highest BCUT2D eigenvalue weighted by Crippen LogP contribution is 2.32. The summed E-state index contributed by atoms with van der Waals surface area (Å²) in [5.74, 6) is -0.388. The molecule has 0 unspecified atom stereocenters. The van der Waals surface area contributed by atoms with Crippen LogP contribution >= 0.6 is 11.6 Å². The number of hydrogen-bond donors (Lipinski definition) is 1. The van der Waals surface area contributed by atoms with E-state index in [1.165, 1.54) is 7.11 Å². The molecule has 5 heteroatoms. The van der Waals surface area contributed by atoms with Crippen LogP contribution in [0.15, 0.2) is 18.2 Å². The molecule has 0 atom stereocenters. The Morgan fingerprint density at radius 1 is 1.41 bits per heavy atom. The van der Waals surface area contributed by atoms with E-state index in [2.05, 4.69) is 4.98 Å². The summed E-state index contributed by atoms with van der Waals surface area (Å²) in [6.07, 6.45) is 0.